The largest absolute Gasteiger partial charge is 0.468 e. The molecule has 0 bridgehead atoms. The van der Waals surface area contributed by atoms with E-state index in [1.54, 1.807) is 23.4 Å². The summed E-state index contributed by atoms with van der Waals surface area (Å²) in [4.78, 5) is 23.1. The Morgan fingerprint density at radius 2 is 2.40 bits per heavy atom. The average molecular weight is 312 g/mol. The summed E-state index contributed by atoms with van der Waals surface area (Å²) in [6, 6.07) is 3.79. The SMILES string of the molecule is Cc1csc(=O)n1CC(=O)NCCSCc1ccco1. The average Bonchev–Trinajstić information content (AvgIpc) is 3.04. The first-order valence-electron chi connectivity index (χ1n) is 6.18. The Labute approximate surface area is 125 Å². The summed E-state index contributed by atoms with van der Waals surface area (Å²) in [5.41, 5.74) is 0.822. The van der Waals surface area contributed by atoms with Gasteiger partial charge in [0, 0.05) is 23.4 Å². The highest BCUT2D eigenvalue weighted by Crippen LogP contribution is 2.11. The van der Waals surface area contributed by atoms with E-state index in [2.05, 4.69) is 5.32 Å². The maximum absolute atomic E-state index is 11.7. The quantitative estimate of drug-likeness (QED) is 0.793. The molecule has 0 aliphatic rings. The Hall–Kier alpha value is -1.47. The van der Waals surface area contributed by atoms with E-state index in [0.717, 1.165) is 34.3 Å². The maximum Gasteiger partial charge on any atom is 0.307 e. The van der Waals surface area contributed by atoms with Crippen molar-refractivity contribution in [1.82, 2.24) is 9.88 Å². The topological polar surface area (TPSA) is 64.2 Å². The molecule has 0 aliphatic heterocycles. The summed E-state index contributed by atoms with van der Waals surface area (Å²) < 4.78 is 6.69. The lowest BCUT2D eigenvalue weighted by Crippen LogP contribution is -2.32. The zero-order valence-electron chi connectivity index (χ0n) is 11.1. The summed E-state index contributed by atoms with van der Waals surface area (Å²) in [5.74, 6) is 2.41. The minimum Gasteiger partial charge on any atom is -0.468 e. The third kappa shape index (κ3) is 4.28. The highest BCUT2D eigenvalue weighted by atomic mass is 32.2. The minimum atomic E-state index is -0.132. The van der Waals surface area contributed by atoms with Crippen LogP contribution in [-0.2, 0) is 17.1 Å². The Morgan fingerprint density at radius 3 is 3.05 bits per heavy atom. The molecule has 1 N–H and O–H groups in total. The second kappa shape index (κ2) is 7.35. The van der Waals surface area contributed by atoms with Crippen molar-refractivity contribution >= 4 is 29.0 Å². The van der Waals surface area contributed by atoms with Crippen molar-refractivity contribution in [2.45, 2.75) is 19.2 Å². The number of aryl methyl sites for hydroxylation is 1. The highest BCUT2D eigenvalue weighted by molar-refractivity contribution is 7.98. The van der Waals surface area contributed by atoms with Crippen molar-refractivity contribution in [2.24, 2.45) is 0 Å². The molecule has 2 rings (SSSR count). The number of carbonyl (C=O) groups excluding carboxylic acids is 1. The van der Waals surface area contributed by atoms with Gasteiger partial charge in [-0.2, -0.15) is 11.8 Å². The number of rotatable bonds is 7. The van der Waals surface area contributed by atoms with Crippen LogP contribution in [0.1, 0.15) is 11.5 Å². The summed E-state index contributed by atoms with van der Waals surface area (Å²) in [7, 11) is 0. The first-order valence-corrected chi connectivity index (χ1v) is 8.22. The predicted molar refractivity (Wildman–Crippen MR) is 81.2 cm³/mol. The molecule has 0 radical (unpaired) electrons. The lowest BCUT2D eigenvalue weighted by atomic mass is 10.5. The van der Waals surface area contributed by atoms with Crippen LogP contribution in [0.3, 0.4) is 0 Å². The smallest absolute Gasteiger partial charge is 0.307 e. The molecule has 1 amide bonds. The van der Waals surface area contributed by atoms with Crippen molar-refractivity contribution in [3.05, 3.63) is 44.9 Å². The molecule has 20 heavy (non-hydrogen) atoms. The monoisotopic (exact) mass is 312 g/mol. The van der Waals surface area contributed by atoms with E-state index >= 15 is 0 Å². The molecule has 2 aromatic heterocycles. The van der Waals surface area contributed by atoms with E-state index in [1.165, 1.54) is 4.57 Å². The second-order valence-corrected chi connectivity index (χ2v) is 6.14. The number of nitrogens with zero attached hydrogens (tertiary/aromatic N) is 1. The van der Waals surface area contributed by atoms with Crippen LogP contribution in [0.2, 0.25) is 0 Å². The Kier molecular flexibility index (Phi) is 5.49. The van der Waals surface area contributed by atoms with Gasteiger partial charge in [-0.05, 0) is 19.1 Å². The van der Waals surface area contributed by atoms with Crippen LogP contribution < -0.4 is 10.2 Å². The number of thioether (sulfide) groups is 1. The van der Waals surface area contributed by atoms with Gasteiger partial charge >= 0.3 is 4.87 Å². The molecular formula is C13H16N2O3S2. The van der Waals surface area contributed by atoms with Crippen molar-refractivity contribution in [3.63, 3.8) is 0 Å². The first kappa shape index (κ1) is 14.9. The lowest BCUT2D eigenvalue weighted by Gasteiger charge is -2.06. The number of carbonyl (C=O) groups is 1. The van der Waals surface area contributed by atoms with Gasteiger partial charge in [-0.1, -0.05) is 11.3 Å². The molecule has 2 aromatic rings. The molecule has 0 spiro atoms. The number of furan rings is 1. The Balaban J connectivity index is 1.64. The number of hydrogen-bond donors (Lipinski definition) is 1. The summed E-state index contributed by atoms with van der Waals surface area (Å²) in [5, 5.41) is 4.57. The molecule has 5 nitrogen and oxygen atoms in total. The first-order chi connectivity index (χ1) is 9.66. The molecule has 0 aliphatic carbocycles. The fourth-order valence-corrected chi connectivity index (χ4v) is 3.12. The molecule has 0 fully saturated rings. The van der Waals surface area contributed by atoms with Crippen LogP contribution in [0, 0.1) is 6.92 Å². The summed E-state index contributed by atoms with van der Waals surface area (Å²) >= 11 is 2.81. The van der Waals surface area contributed by atoms with Gasteiger partial charge < -0.3 is 9.73 Å². The third-order valence-electron chi connectivity index (χ3n) is 2.67. The fourth-order valence-electron chi connectivity index (χ4n) is 1.63. The predicted octanol–water partition coefficient (Wildman–Crippen LogP) is 1.86. The van der Waals surface area contributed by atoms with Gasteiger partial charge in [0.05, 0.1) is 12.0 Å². The number of nitrogens with one attached hydrogen (secondary N) is 1. The van der Waals surface area contributed by atoms with Crippen LogP contribution in [0.15, 0.2) is 33.0 Å². The van der Waals surface area contributed by atoms with Gasteiger partial charge in [-0.25, -0.2) is 0 Å². The fraction of sp³-hybridized carbons (Fsp3) is 0.385. The van der Waals surface area contributed by atoms with Crippen molar-refractivity contribution in [3.8, 4) is 0 Å². The minimum absolute atomic E-state index is 0.0927. The van der Waals surface area contributed by atoms with Crippen LogP contribution in [-0.4, -0.2) is 22.8 Å². The van der Waals surface area contributed by atoms with E-state index in [-0.39, 0.29) is 17.3 Å². The van der Waals surface area contributed by atoms with Gasteiger partial charge in [0.15, 0.2) is 0 Å². The molecule has 0 saturated carbocycles. The zero-order chi connectivity index (χ0) is 14.4. The van der Waals surface area contributed by atoms with Gasteiger partial charge in [-0.15, -0.1) is 0 Å². The Bertz CT molecular complexity index is 601. The van der Waals surface area contributed by atoms with Crippen molar-refractivity contribution in [1.29, 1.82) is 0 Å². The van der Waals surface area contributed by atoms with Crippen LogP contribution in [0.4, 0.5) is 0 Å². The molecule has 0 aromatic carbocycles. The maximum atomic E-state index is 11.7. The molecule has 0 saturated heterocycles. The van der Waals surface area contributed by atoms with E-state index < -0.39 is 0 Å². The van der Waals surface area contributed by atoms with Crippen LogP contribution in [0.25, 0.3) is 0 Å². The number of aromatic nitrogens is 1. The van der Waals surface area contributed by atoms with E-state index in [0.29, 0.717) is 6.54 Å². The molecule has 0 unspecified atom stereocenters. The van der Waals surface area contributed by atoms with Gasteiger partial charge in [-0.3, -0.25) is 14.2 Å². The second-order valence-electron chi connectivity index (χ2n) is 4.21. The van der Waals surface area contributed by atoms with Gasteiger partial charge in [0.2, 0.25) is 5.91 Å². The lowest BCUT2D eigenvalue weighted by molar-refractivity contribution is -0.121. The highest BCUT2D eigenvalue weighted by Gasteiger charge is 2.07. The number of amides is 1. The normalized spacial score (nSPS) is 10.7. The zero-order valence-corrected chi connectivity index (χ0v) is 12.8. The van der Waals surface area contributed by atoms with Crippen LogP contribution >= 0.6 is 23.1 Å². The molecule has 0 atom stereocenters. The van der Waals surface area contributed by atoms with Gasteiger partial charge in [0.1, 0.15) is 12.3 Å². The standard InChI is InChI=1S/C13H16N2O3S2/c1-10-8-20-13(17)15(10)7-12(16)14-4-6-19-9-11-3-2-5-18-11/h2-3,5,8H,4,6-7,9H2,1H3,(H,14,16). The van der Waals surface area contributed by atoms with E-state index in [4.69, 9.17) is 4.42 Å². The number of hydrogen-bond acceptors (Lipinski definition) is 5. The van der Waals surface area contributed by atoms with E-state index in [1.807, 2.05) is 19.1 Å². The third-order valence-corrected chi connectivity index (χ3v) is 4.53. The number of thiazole rings is 1. The molecule has 7 heteroatoms. The Morgan fingerprint density at radius 1 is 1.55 bits per heavy atom. The molecule has 2 heterocycles. The van der Waals surface area contributed by atoms with Crippen molar-refractivity contribution in [2.75, 3.05) is 12.3 Å². The van der Waals surface area contributed by atoms with E-state index in [9.17, 15) is 9.59 Å². The molecule has 108 valence electrons. The molecular weight excluding hydrogens is 296 g/mol. The van der Waals surface area contributed by atoms with Crippen LogP contribution in [0.5, 0.6) is 0 Å². The van der Waals surface area contributed by atoms with Gasteiger partial charge in [0.25, 0.3) is 0 Å². The summed E-state index contributed by atoms with van der Waals surface area (Å²) in [6.07, 6.45) is 1.65. The van der Waals surface area contributed by atoms with Crippen molar-refractivity contribution < 1.29 is 9.21 Å². The summed E-state index contributed by atoms with van der Waals surface area (Å²) in [6.45, 7) is 2.50.